The van der Waals surface area contributed by atoms with Crippen LogP contribution in [0.25, 0.3) is 11.1 Å². The summed E-state index contributed by atoms with van der Waals surface area (Å²) in [4.78, 5) is 38.9. The van der Waals surface area contributed by atoms with Crippen molar-refractivity contribution in [1.82, 2.24) is 4.90 Å². The number of benzene rings is 3. The van der Waals surface area contributed by atoms with E-state index in [2.05, 4.69) is 24.5 Å². The van der Waals surface area contributed by atoms with Crippen LogP contribution in [0.5, 0.6) is 0 Å². The molecule has 2 aliphatic rings. The van der Waals surface area contributed by atoms with Gasteiger partial charge in [0, 0.05) is 17.9 Å². The van der Waals surface area contributed by atoms with Gasteiger partial charge in [-0.3, -0.25) is 4.79 Å². The van der Waals surface area contributed by atoms with Crippen molar-refractivity contribution in [3.05, 3.63) is 83.9 Å². The number of urea groups is 1. The molecule has 0 unspecified atom stereocenters. The standard InChI is InChI=1S/C29H29N3O4/c1-17(2)18-7-11-24(12-8-18)31-29(36)32-16-22-15-25(22)26(32)27(33)30-23-13-9-20(10-14-23)19-3-5-21(6-4-19)28(34)35/h3-14,17,22,25-26H,15-16H2,1-2H3,(H,30,33)(H,31,36)(H,34,35)/t22-,25-,26+/m0/s1. The minimum absolute atomic E-state index is 0.177. The Morgan fingerprint density at radius 3 is 1.97 bits per heavy atom. The number of carbonyl (C=O) groups is 3. The maximum absolute atomic E-state index is 13.2. The molecule has 3 aromatic rings. The normalized spacial score (nSPS) is 20.1. The van der Waals surface area contributed by atoms with Gasteiger partial charge in [0.25, 0.3) is 0 Å². The van der Waals surface area contributed by atoms with Crippen LogP contribution in [0, 0.1) is 11.8 Å². The van der Waals surface area contributed by atoms with E-state index in [1.807, 2.05) is 48.5 Å². The second-order valence-corrected chi connectivity index (χ2v) is 9.91. The quantitative estimate of drug-likeness (QED) is 0.421. The third-order valence-corrected chi connectivity index (χ3v) is 7.13. The molecule has 3 aromatic carbocycles. The third kappa shape index (κ3) is 4.82. The van der Waals surface area contributed by atoms with E-state index in [0.717, 1.165) is 23.2 Å². The highest BCUT2D eigenvalue weighted by molar-refractivity contribution is 6.00. The van der Waals surface area contributed by atoms with Crippen molar-refractivity contribution in [3.8, 4) is 11.1 Å². The number of piperidine rings is 1. The molecule has 7 heteroatoms. The molecule has 3 N–H and O–H groups in total. The molecule has 5 rings (SSSR count). The first-order valence-electron chi connectivity index (χ1n) is 12.2. The number of nitrogens with one attached hydrogen (secondary N) is 2. The molecule has 1 saturated carbocycles. The van der Waals surface area contributed by atoms with Gasteiger partial charge in [-0.2, -0.15) is 0 Å². The molecule has 2 fully saturated rings. The molecule has 0 bridgehead atoms. The van der Waals surface area contributed by atoms with Gasteiger partial charge in [0.1, 0.15) is 6.04 Å². The van der Waals surface area contributed by atoms with E-state index >= 15 is 0 Å². The van der Waals surface area contributed by atoms with Crippen LogP contribution in [-0.2, 0) is 4.79 Å². The lowest BCUT2D eigenvalue weighted by Crippen LogP contribution is -2.47. The lowest BCUT2D eigenvalue weighted by Gasteiger charge is -2.27. The Labute approximate surface area is 210 Å². The zero-order chi connectivity index (χ0) is 25.4. The number of amides is 3. The average Bonchev–Trinajstić information content (AvgIpc) is 3.53. The predicted octanol–water partition coefficient (Wildman–Crippen LogP) is 5.67. The number of aromatic carboxylic acids is 1. The number of anilines is 2. The number of fused-ring (bicyclic) bond motifs is 1. The van der Waals surface area contributed by atoms with Crippen LogP contribution >= 0.6 is 0 Å². The third-order valence-electron chi connectivity index (χ3n) is 7.13. The van der Waals surface area contributed by atoms with Gasteiger partial charge in [-0.15, -0.1) is 0 Å². The highest BCUT2D eigenvalue weighted by atomic mass is 16.4. The van der Waals surface area contributed by atoms with Crippen LogP contribution in [0.3, 0.4) is 0 Å². The molecule has 3 amide bonds. The first-order chi connectivity index (χ1) is 17.3. The molecule has 1 aliphatic heterocycles. The number of carbonyl (C=O) groups excluding carboxylic acids is 2. The minimum Gasteiger partial charge on any atom is -0.478 e. The number of carboxylic acid groups (broad SMARTS) is 1. The fourth-order valence-electron chi connectivity index (χ4n) is 4.92. The number of hydrogen-bond acceptors (Lipinski definition) is 3. The van der Waals surface area contributed by atoms with E-state index in [9.17, 15) is 14.4 Å². The van der Waals surface area contributed by atoms with Crippen LogP contribution in [-0.4, -0.2) is 40.5 Å². The van der Waals surface area contributed by atoms with Gasteiger partial charge in [0.15, 0.2) is 0 Å². The first-order valence-corrected chi connectivity index (χ1v) is 12.2. The summed E-state index contributed by atoms with van der Waals surface area (Å²) in [6.45, 7) is 4.84. The topological polar surface area (TPSA) is 98.7 Å². The van der Waals surface area contributed by atoms with E-state index < -0.39 is 12.0 Å². The van der Waals surface area contributed by atoms with E-state index in [1.54, 1.807) is 29.2 Å². The Bertz CT molecular complexity index is 1280. The van der Waals surface area contributed by atoms with E-state index in [4.69, 9.17) is 5.11 Å². The summed E-state index contributed by atoms with van der Waals surface area (Å²) in [5, 5.41) is 15.0. The molecule has 36 heavy (non-hydrogen) atoms. The number of likely N-dealkylation sites (tertiary alicyclic amines) is 1. The Kier molecular flexibility index (Phi) is 6.22. The average molecular weight is 484 g/mol. The Morgan fingerprint density at radius 2 is 1.39 bits per heavy atom. The van der Waals surface area contributed by atoms with Gasteiger partial charge in [-0.25, -0.2) is 9.59 Å². The fraction of sp³-hybridized carbons (Fsp3) is 0.276. The number of nitrogens with zero attached hydrogens (tertiary/aromatic N) is 1. The van der Waals surface area contributed by atoms with Gasteiger partial charge < -0.3 is 20.6 Å². The SMILES string of the molecule is CC(C)c1ccc(NC(=O)N2C[C@@H]3C[C@@H]3[C@@H]2C(=O)Nc2ccc(-c3ccc(C(=O)O)cc3)cc2)cc1. The lowest BCUT2D eigenvalue weighted by molar-refractivity contribution is -0.120. The molecule has 0 radical (unpaired) electrons. The summed E-state index contributed by atoms with van der Waals surface area (Å²) in [7, 11) is 0. The van der Waals surface area contributed by atoms with Crippen LogP contribution in [0.1, 0.15) is 42.1 Å². The second kappa shape index (κ2) is 9.49. The summed E-state index contributed by atoms with van der Waals surface area (Å²) >= 11 is 0. The number of rotatable bonds is 6. The van der Waals surface area contributed by atoms with Crippen molar-refractivity contribution in [2.45, 2.75) is 32.2 Å². The molecule has 0 spiro atoms. The van der Waals surface area contributed by atoms with Crippen LogP contribution in [0.4, 0.5) is 16.2 Å². The van der Waals surface area contributed by atoms with Crippen molar-refractivity contribution >= 4 is 29.3 Å². The zero-order valence-electron chi connectivity index (χ0n) is 20.3. The highest BCUT2D eigenvalue weighted by Crippen LogP contribution is 2.50. The summed E-state index contributed by atoms with van der Waals surface area (Å²) in [6.07, 6.45) is 0.968. The molecule has 184 valence electrons. The molecule has 1 heterocycles. The summed E-state index contributed by atoms with van der Waals surface area (Å²) in [5.41, 5.74) is 4.61. The minimum atomic E-state index is -0.962. The molecule has 3 atom stereocenters. The fourth-order valence-corrected chi connectivity index (χ4v) is 4.92. The smallest absolute Gasteiger partial charge is 0.335 e. The van der Waals surface area contributed by atoms with Crippen molar-refractivity contribution in [2.24, 2.45) is 11.8 Å². The van der Waals surface area contributed by atoms with Crippen LogP contribution in [0.15, 0.2) is 72.8 Å². The van der Waals surface area contributed by atoms with E-state index in [-0.39, 0.29) is 23.4 Å². The van der Waals surface area contributed by atoms with Gasteiger partial charge >= 0.3 is 12.0 Å². The van der Waals surface area contributed by atoms with Crippen molar-refractivity contribution in [2.75, 3.05) is 17.2 Å². The molecular weight excluding hydrogens is 454 g/mol. The number of hydrogen-bond donors (Lipinski definition) is 3. The maximum atomic E-state index is 13.2. The van der Waals surface area contributed by atoms with Gasteiger partial charge in [-0.05, 0) is 77.3 Å². The van der Waals surface area contributed by atoms with Crippen LogP contribution in [0.2, 0.25) is 0 Å². The second-order valence-electron chi connectivity index (χ2n) is 9.91. The predicted molar refractivity (Wildman–Crippen MR) is 139 cm³/mol. The monoisotopic (exact) mass is 483 g/mol. The van der Waals surface area contributed by atoms with Crippen LogP contribution < -0.4 is 10.6 Å². The summed E-state index contributed by atoms with van der Waals surface area (Å²) in [5.74, 6) is -0.142. The number of carboxylic acids is 1. The van der Waals surface area contributed by atoms with E-state index in [1.165, 1.54) is 5.56 Å². The Morgan fingerprint density at radius 1 is 0.833 bits per heavy atom. The van der Waals surface area contributed by atoms with Crippen molar-refractivity contribution in [3.63, 3.8) is 0 Å². The highest BCUT2D eigenvalue weighted by Gasteiger charge is 2.57. The molecule has 7 nitrogen and oxygen atoms in total. The van der Waals surface area contributed by atoms with Gasteiger partial charge in [0.05, 0.1) is 5.56 Å². The molecular formula is C29H29N3O4. The Hall–Kier alpha value is -4.13. The first kappa shape index (κ1) is 23.6. The molecule has 1 aliphatic carbocycles. The molecule has 0 aromatic heterocycles. The zero-order valence-corrected chi connectivity index (χ0v) is 20.3. The van der Waals surface area contributed by atoms with Crippen molar-refractivity contribution < 1.29 is 19.5 Å². The van der Waals surface area contributed by atoms with Crippen molar-refractivity contribution in [1.29, 1.82) is 0 Å². The summed E-state index contributed by atoms with van der Waals surface area (Å²) in [6, 6.07) is 21.1. The largest absolute Gasteiger partial charge is 0.478 e. The van der Waals surface area contributed by atoms with Gasteiger partial charge in [-0.1, -0.05) is 50.2 Å². The van der Waals surface area contributed by atoms with E-state index in [0.29, 0.717) is 24.1 Å². The maximum Gasteiger partial charge on any atom is 0.335 e. The van der Waals surface area contributed by atoms with Gasteiger partial charge in [0.2, 0.25) is 5.91 Å². The Balaban J connectivity index is 1.23. The molecule has 1 saturated heterocycles. The summed E-state index contributed by atoms with van der Waals surface area (Å²) < 4.78 is 0. The lowest BCUT2D eigenvalue weighted by atomic mass is 10.0.